The molecular formula is C30H24ClN3O4S. The van der Waals surface area contributed by atoms with Crippen molar-refractivity contribution in [1.29, 1.82) is 0 Å². The average Bonchev–Trinajstić information content (AvgIpc) is 2.96. The van der Waals surface area contributed by atoms with Crippen molar-refractivity contribution < 1.29 is 17.9 Å². The van der Waals surface area contributed by atoms with E-state index >= 15 is 0 Å². The smallest absolute Gasteiger partial charge is 0.264 e. The molecule has 9 heteroatoms. The molecule has 1 N–H and O–H groups in total. The molecule has 0 fully saturated rings. The van der Waals surface area contributed by atoms with Crippen LogP contribution in [0.1, 0.15) is 5.56 Å². The molecule has 7 nitrogen and oxygen atoms in total. The van der Waals surface area contributed by atoms with Crippen molar-refractivity contribution >= 4 is 61.0 Å². The number of halogens is 1. The van der Waals surface area contributed by atoms with Gasteiger partial charge in [-0.05, 0) is 57.9 Å². The number of anilines is 1. The number of hydrazone groups is 1. The number of ether oxygens (including phenoxy) is 1. The molecule has 0 saturated carbocycles. The maximum Gasteiger partial charge on any atom is 0.264 e. The van der Waals surface area contributed by atoms with Crippen molar-refractivity contribution in [2.45, 2.75) is 4.90 Å². The highest BCUT2D eigenvalue weighted by atomic mass is 35.5. The van der Waals surface area contributed by atoms with Crippen LogP contribution in [0.5, 0.6) is 5.75 Å². The van der Waals surface area contributed by atoms with Gasteiger partial charge < -0.3 is 4.74 Å². The molecule has 0 aliphatic heterocycles. The van der Waals surface area contributed by atoms with Crippen LogP contribution in [0.3, 0.4) is 0 Å². The van der Waals surface area contributed by atoms with Gasteiger partial charge in [-0.2, -0.15) is 5.10 Å². The molecule has 0 unspecified atom stereocenters. The van der Waals surface area contributed by atoms with Crippen molar-refractivity contribution in [3.63, 3.8) is 0 Å². The second-order valence-corrected chi connectivity index (χ2v) is 10.9. The summed E-state index contributed by atoms with van der Waals surface area (Å²) in [6.45, 7) is -0.520. The Balaban J connectivity index is 1.45. The molecule has 0 aliphatic rings. The molecule has 1 amide bonds. The van der Waals surface area contributed by atoms with Gasteiger partial charge in [-0.25, -0.2) is 13.8 Å². The number of nitrogens with zero attached hydrogens (tertiary/aromatic N) is 2. The number of sulfonamides is 1. The van der Waals surface area contributed by atoms with E-state index in [4.69, 9.17) is 16.3 Å². The van der Waals surface area contributed by atoms with Gasteiger partial charge in [0.15, 0.2) is 0 Å². The molecule has 0 radical (unpaired) electrons. The van der Waals surface area contributed by atoms with E-state index in [1.165, 1.54) is 31.4 Å². The number of methoxy groups -OCH3 is 1. The van der Waals surface area contributed by atoms with Gasteiger partial charge in [0.25, 0.3) is 15.9 Å². The van der Waals surface area contributed by atoms with Crippen molar-refractivity contribution in [3.05, 3.63) is 114 Å². The summed E-state index contributed by atoms with van der Waals surface area (Å²) in [5.74, 6) is -0.240. The topological polar surface area (TPSA) is 88.1 Å². The largest absolute Gasteiger partial charge is 0.495 e. The molecule has 5 aromatic rings. The summed E-state index contributed by atoms with van der Waals surface area (Å²) in [7, 11) is -2.64. The van der Waals surface area contributed by atoms with E-state index in [0.717, 1.165) is 31.4 Å². The summed E-state index contributed by atoms with van der Waals surface area (Å²) in [6.07, 6.45) is 1.59. The Morgan fingerprint density at radius 1 is 0.897 bits per heavy atom. The highest BCUT2D eigenvalue weighted by molar-refractivity contribution is 7.92. The number of amides is 1. The molecule has 0 aliphatic carbocycles. The standard InChI is InChI=1S/C30H24ClN3O4S/c1-38-29-16-15-23(18-28(29)31)34(39(36,37)24-11-3-2-4-12-24)20-30(35)33-32-19-27-25-13-7-5-9-21(25)17-22-10-6-8-14-26(22)27/h2-19H,20H2,1H3,(H,33,35)/b32-19-. The van der Waals surface area contributed by atoms with Crippen molar-refractivity contribution in [2.24, 2.45) is 5.10 Å². The van der Waals surface area contributed by atoms with Gasteiger partial charge in [-0.15, -0.1) is 0 Å². The third-order valence-corrected chi connectivity index (χ3v) is 8.32. The quantitative estimate of drug-likeness (QED) is 0.144. The lowest BCUT2D eigenvalue weighted by Gasteiger charge is -2.24. The van der Waals surface area contributed by atoms with E-state index in [9.17, 15) is 13.2 Å². The van der Waals surface area contributed by atoms with Gasteiger partial charge in [-0.1, -0.05) is 78.3 Å². The molecule has 0 aromatic heterocycles. The summed E-state index contributed by atoms with van der Waals surface area (Å²) in [5.41, 5.74) is 3.55. The van der Waals surface area contributed by atoms with Crippen molar-refractivity contribution in [3.8, 4) is 5.75 Å². The SMILES string of the molecule is COc1ccc(N(CC(=O)N/N=C\c2c3ccccc3cc3ccccc23)S(=O)(=O)c2ccccc2)cc1Cl. The molecular weight excluding hydrogens is 534 g/mol. The fourth-order valence-electron chi connectivity index (χ4n) is 4.37. The van der Waals surface area contributed by atoms with Crippen LogP contribution in [0.15, 0.2) is 113 Å². The fraction of sp³-hybridized carbons (Fsp3) is 0.0667. The Bertz CT molecular complexity index is 1750. The second kappa shape index (κ2) is 11.1. The van der Waals surface area contributed by atoms with Gasteiger partial charge >= 0.3 is 0 Å². The minimum atomic E-state index is -4.10. The Morgan fingerprint density at radius 2 is 1.51 bits per heavy atom. The van der Waals surface area contributed by atoms with Crippen molar-refractivity contribution in [1.82, 2.24) is 5.43 Å². The van der Waals surface area contributed by atoms with E-state index in [2.05, 4.69) is 16.6 Å². The number of rotatable bonds is 8. The number of carbonyl (C=O) groups excluding carboxylic acids is 1. The normalized spacial score (nSPS) is 11.6. The monoisotopic (exact) mass is 557 g/mol. The summed E-state index contributed by atoms with van der Waals surface area (Å²) < 4.78 is 33.3. The molecule has 5 rings (SSSR count). The van der Waals surface area contributed by atoms with Gasteiger partial charge in [0.05, 0.1) is 28.9 Å². The first kappa shape index (κ1) is 26.2. The highest BCUT2D eigenvalue weighted by Gasteiger charge is 2.27. The van der Waals surface area contributed by atoms with Crippen LogP contribution < -0.4 is 14.5 Å². The zero-order chi connectivity index (χ0) is 27.4. The van der Waals surface area contributed by atoms with Gasteiger partial charge in [0.2, 0.25) is 0 Å². The van der Waals surface area contributed by atoms with Gasteiger partial charge in [0.1, 0.15) is 12.3 Å². The number of hydrogen-bond acceptors (Lipinski definition) is 5. The maximum absolute atomic E-state index is 13.6. The predicted molar refractivity (Wildman–Crippen MR) is 156 cm³/mol. The van der Waals surface area contributed by atoms with Crippen LogP contribution in [-0.4, -0.2) is 34.2 Å². The van der Waals surface area contributed by atoms with Crippen LogP contribution in [0.2, 0.25) is 5.02 Å². The highest BCUT2D eigenvalue weighted by Crippen LogP contribution is 2.32. The molecule has 5 aromatic carbocycles. The fourth-order valence-corrected chi connectivity index (χ4v) is 6.05. The Morgan fingerprint density at radius 3 is 2.13 bits per heavy atom. The van der Waals surface area contributed by atoms with Crippen LogP contribution in [0.4, 0.5) is 5.69 Å². The molecule has 0 bridgehead atoms. The molecule has 0 heterocycles. The van der Waals surface area contributed by atoms with E-state index < -0.39 is 22.5 Å². The number of hydrogen-bond donors (Lipinski definition) is 1. The summed E-state index contributed by atoms with van der Waals surface area (Å²) in [4.78, 5) is 13.1. The lowest BCUT2D eigenvalue weighted by Crippen LogP contribution is -2.39. The Hall–Kier alpha value is -4.40. The number of benzene rings is 5. The minimum absolute atomic E-state index is 0.0375. The summed E-state index contributed by atoms with van der Waals surface area (Å²) in [5, 5.41) is 8.46. The van der Waals surface area contributed by atoms with E-state index in [0.29, 0.717) is 5.75 Å². The van der Waals surface area contributed by atoms with Crippen LogP contribution in [-0.2, 0) is 14.8 Å². The van der Waals surface area contributed by atoms with Crippen molar-refractivity contribution in [2.75, 3.05) is 18.0 Å². The van der Waals surface area contributed by atoms with E-state index in [-0.39, 0.29) is 15.6 Å². The predicted octanol–water partition coefficient (Wildman–Crippen LogP) is 6.00. The van der Waals surface area contributed by atoms with Gasteiger partial charge in [-0.3, -0.25) is 9.10 Å². The average molecular weight is 558 g/mol. The number of carbonyl (C=O) groups is 1. The number of nitrogens with one attached hydrogen (secondary N) is 1. The van der Waals surface area contributed by atoms with E-state index in [1.54, 1.807) is 30.5 Å². The third kappa shape index (κ3) is 5.43. The minimum Gasteiger partial charge on any atom is -0.495 e. The second-order valence-electron chi connectivity index (χ2n) is 8.67. The van der Waals surface area contributed by atoms with Crippen LogP contribution >= 0.6 is 11.6 Å². The van der Waals surface area contributed by atoms with E-state index in [1.807, 2.05) is 48.5 Å². The third-order valence-electron chi connectivity index (χ3n) is 6.24. The first-order chi connectivity index (χ1) is 18.9. The summed E-state index contributed by atoms with van der Waals surface area (Å²) >= 11 is 6.28. The number of fused-ring (bicyclic) bond motifs is 2. The molecule has 0 atom stereocenters. The molecule has 196 valence electrons. The maximum atomic E-state index is 13.6. The zero-order valence-corrected chi connectivity index (χ0v) is 22.5. The van der Waals surface area contributed by atoms with Gasteiger partial charge in [0, 0.05) is 5.56 Å². The lowest BCUT2D eigenvalue weighted by atomic mass is 9.97. The first-order valence-electron chi connectivity index (χ1n) is 12.0. The first-order valence-corrected chi connectivity index (χ1v) is 13.8. The van der Waals surface area contributed by atoms with Crippen LogP contribution in [0, 0.1) is 0 Å². The molecule has 0 saturated heterocycles. The molecule has 0 spiro atoms. The Kier molecular flexibility index (Phi) is 7.49. The summed E-state index contributed by atoms with van der Waals surface area (Å²) in [6, 6.07) is 30.3. The Labute approximate surface area is 231 Å². The lowest BCUT2D eigenvalue weighted by molar-refractivity contribution is -0.119. The zero-order valence-electron chi connectivity index (χ0n) is 20.9. The molecule has 39 heavy (non-hydrogen) atoms. The van der Waals surface area contributed by atoms with Crippen LogP contribution in [0.25, 0.3) is 21.5 Å².